The molecule has 1 fully saturated rings. The second-order valence-corrected chi connectivity index (χ2v) is 6.20. The molecule has 26 heavy (non-hydrogen) atoms. The molecule has 0 saturated carbocycles. The Hall–Kier alpha value is -1.89. The van der Waals surface area contributed by atoms with Crippen LogP contribution in [0.4, 0.5) is 5.82 Å². The molecule has 1 amide bonds. The molecule has 0 aliphatic carbocycles. The molecule has 1 aromatic carbocycles. The molecule has 1 aliphatic rings. The number of aryl methyl sites for hydroxylation is 1. The molecule has 1 aromatic heterocycles. The Labute approximate surface area is 166 Å². The fourth-order valence-electron chi connectivity index (χ4n) is 3.05. The molecule has 0 spiro atoms. The largest absolute Gasteiger partial charge is 0.352 e. The van der Waals surface area contributed by atoms with Gasteiger partial charge in [0, 0.05) is 25.3 Å². The quantitative estimate of drug-likeness (QED) is 0.808. The fourth-order valence-corrected chi connectivity index (χ4v) is 3.05. The molecule has 6 nitrogen and oxygen atoms in total. The van der Waals surface area contributed by atoms with E-state index in [1.54, 1.807) is 6.20 Å². The molecule has 0 bridgehead atoms. The van der Waals surface area contributed by atoms with Gasteiger partial charge in [0.25, 0.3) is 0 Å². The number of nitrogens with two attached hydrogens (primary N) is 1. The number of carbonyl (C=O) groups is 1. The molecule has 1 aliphatic heterocycles. The van der Waals surface area contributed by atoms with Gasteiger partial charge < -0.3 is 16.0 Å². The minimum absolute atomic E-state index is 0. The number of hydrogen-bond donors (Lipinski definition) is 2. The van der Waals surface area contributed by atoms with E-state index >= 15 is 0 Å². The van der Waals surface area contributed by atoms with Gasteiger partial charge in [-0.25, -0.2) is 0 Å². The molecule has 1 saturated heterocycles. The Morgan fingerprint density at radius 3 is 2.69 bits per heavy atom. The van der Waals surface area contributed by atoms with Gasteiger partial charge >= 0.3 is 0 Å². The third-order valence-electron chi connectivity index (χ3n) is 4.46. The average Bonchev–Trinajstić information content (AvgIpc) is 3.09. The van der Waals surface area contributed by atoms with Crippen molar-refractivity contribution in [3.8, 4) is 0 Å². The van der Waals surface area contributed by atoms with Crippen LogP contribution >= 0.6 is 24.8 Å². The summed E-state index contributed by atoms with van der Waals surface area (Å²) in [6, 6.07) is 11.2. The van der Waals surface area contributed by atoms with Crippen molar-refractivity contribution in [2.24, 2.45) is 5.73 Å². The molecular formula is C18H25Cl2N5O. The van der Waals surface area contributed by atoms with Crippen LogP contribution in [0, 0.1) is 6.92 Å². The summed E-state index contributed by atoms with van der Waals surface area (Å²) in [7, 11) is 0. The van der Waals surface area contributed by atoms with Gasteiger partial charge in [-0.15, -0.1) is 29.9 Å². The normalized spacial score (nSPS) is 17.0. The van der Waals surface area contributed by atoms with Crippen molar-refractivity contribution in [2.45, 2.75) is 31.8 Å². The van der Waals surface area contributed by atoms with Crippen molar-refractivity contribution < 1.29 is 4.79 Å². The van der Waals surface area contributed by atoms with Crippen molar-refractivity contribution in [2.75, 3.05) is 18.0 Å². The number of aromatic nitrogens is 2. The molecule has 3 N–H and O–H groups in total. The summed E-state index contributed by atoms with van der Waals surface area (Å²) in [5.74, 6) is 0.710. The Balaban J connectivity index is 0.00000169. The van der Waals surface area contributed by atoms with Gasteiger partial charge in [0.05, 0.1) is 0 Å². The maximum atomic E-state index is 12.3. The molecule has 3 rings (SSSR count). The SMILES string of the molecule is Cc1ccc(C(N)C(=O)NCC2CCCN2c2cccnn2)cc1.Cl.Cl. The van der Waals surface area contributed by atoms with Crippen LogP contribution in [-0.4, -0.2) is 35.2 Å². The van der Waals surface area contributed by atoms with E-state index in [0.29, 0.717) is 6.54 Å². The first-order chi connectivity index (χ1) is 11.6. The van der Waals surface area contributed by atoms with Gasteiger partial charge in [-0.3, -0.25) is 4.79 Å². The van der Waals surface area contributed by atoms with Crippen molar-refractivity contribution in [1.29, 1.82) is 0 Å². The fraction of sp³-hybridized carbons (Fsp3) is 0.389. The number of halogens is 2. The smallest absolute Gasteiger partial charge is 0.241 e. The minimum Gasteiger partial charge on any atom is -0.352 e. The molecule has 2 unspecified atom stereocenters. The minimum atomic E-state index is -0.642. The lowest BCUT2D eigenvalue weighted by molar-refractivity contribution is -0.122. The van der Waals surface area contributed by atoms with E-state index in [9.17, 15) is 4.79 Å². The van der Waals surface area contributed by atoms with Gasteiger partial charge in [0.15, 0.2) is 5.82 Å². The first-order valence-corrected chi connectivity index (χ1v) is 8.29. The summed E-state index contributed by atoms with van der Waals surface area (Å²) in [6.45, 7) is 3.51. The lowest BCUT2D eigenvalue weighted by Crippen LogP contribution is -2.43. The Kier molecular flexibility index (Phi) is 8.78. The second-order valence-electron chi connectivity index (χ2n) is 6.20. The number of nitrogens with zero attached hydrogens (tertiary/aromatic N) is 3. The van der Waals surface area contributed by atoms with Gasteiger partial charge in [-0.2, -0.15) is 5.10 Å². The molecule has 2 aromatic rings. The van der Waals surface area contributed by atoms with E-state index in [1.165, 1.54) is 0 Å². The van der Waals surface area contributed by atoms with Crippen molar-refractivity contribution in [3.05, 3.63) is 53.7 Å². The predicted octanol–water partition coefficient (Wildman–Crippen LogP) is 2.41. The Morgan fingerprint density at radius 2 is 2.04 bits per heavy atom. The highest BCUT2D eigenvalue weighted by atomic mass is 35.5. The first kappa shape index (κ1) is 22.2. The average molecular weight is 398 g/mol. The predicted molar refractivity (Wildman–Crippen MR) is 108 cm³/mol. The van der Waals surface area contributed by atoms with Gasteiger partial charge in [0.1, 0.15) is 6.04 Å². The van der Waals surface area contributed by atoms with Gasteiger partial charge in [-0.05, 0) is 37.5 Å². The summed E-state index contributed by atoms with van der Waals surface area (Å²) < 4.78 is 0. The highest BCUT2D eigenvalue weighted by Gasteiger charge is 2.27. The highest BCUT2D eigenvalue weighted by molar-refractivity contribution is 5.85. The topological polar surface area (TPSA) is 84.1 Å². The van der Waals surface area contributed by atoms with Crippen LogP contribution in [-0.2, 0) is 4.79 Å². The number of amides is 1. The summed E-state index contributed by atoms with van der Waals surface area (Å²) in [5, 5.41) is 11.1. The Bertz CT molecular complexity index is 684. The van der Waals surface area contributed by atoms with E-state index in [2.05, 4.69) is 20.4 Å². The monoisotopic (exact) mass is 397 g/mol. The molecule has 2 atom stereocenters. The van der Waals surface area contributed by atoms with E-state index in [1.807, 2.05) is 43.3 Å². The number of nitrogens with one attached hydrogen (secondary N) is 1. The van der Waals surface area contributed by atoms with E-state index in [0.717, 1.165) is 36.3 Å². The van der Waals surface area contributed by atoms with Crippen LogP contribution in [0.15, 0.2) is 42.6 Å². The first-order valence-electron chi connectivity index (χ1n) is 8.29. The summed E-state index contributed by atoms with van der Waals surface area (Å²) in [5.41, 5.74) is 8.05. The van der Waals surface area contributed by atoms with Crippen LogP contribution in [0.1, 0.15) is 30.0 Å². The van der Waals surface area contributed by atoms with E-state index in [4.69, 9.17) is 5.73 Å². The zero-order valence-electron chi connectivity index (χ0n) is 14.7. The number of hydrogen-bond acceptors (Lipinski definition) is 5. The molecular weight excluding hydrogens is 373 g/mol. The van der Waals surface area contributed by atoms with Crippen LogP contribution in [0.25, 0.3) is 0 Å². The zero-order chi connectivity index (χ0) is 16.9. The third-order valence-corrected chi connectivity index (χ3v) is 4.46. The molecule has 142 valence electrons. The number of carbonyl (C=O) groups excluding carboxylic acids is 1. The lowest BCUT2D eigenvalue weighted by atomic mass is 10.1. The number of benzene rings is 1. The molecule has 0 radical (unpaired) electrons. The number of rotatable bonds is 5. The summed E-state index contributed by atoms with van der Waals surface area (Å²) >= 11 is 0. The standard InChI is InChI=1S/C18H23N5O.2ClH/c1-13-6-8-14(9-7-13)17(19)18(24)20-12-15-4-3-11-23(15)16-5-2-10-21-22-16;;/h2,5-10,15,17H,3-4,11-12,19H2,1H3,(H,20,24);2*1H. The summed E-state index contributed by atoms with van der Waals surface area (Å²) in [4.78, 5) is 14.5. The van der Waals surface area contributed by atoms with Crippen LogP contribution < -0.4 is 16.0 Å². The van der Waals surface area contributed by atoms with Crippen LogP contribution in [0.2, 0.25) is 0 Å². The van der Waals surface area contributed by atoms with E-state index in [-0.39, 0.29) is 36.8 Å². The maximum absolute atomic E-state index is 12.3. The molecule has 8 heteroatoms. The van der Waals surface area contributed by atoms with Gasteiger partial charge in [-0.1, -0.05) is 29.8 Å². The highest BCUT2D eigenvalue weighted by Crippen LogP contribution is 2.22. The van der Waals surface area contributed by atoms with Crippen LogP contribution in [0.3, 0.4) is 0 Å². The van der Waals surface area contributed by atoms with Crippen molar-refractivity contribution in [1.82, 2.24) is 15.5 Å². The van der Waals surface area contributed by atoms with Gasteiger partial charge in [0.2, 0.25) is 5.91 Å². The van der Waals surface area contributed by atoms with Crippen molar-refractivity contribution in [3.63, 3.8) is 0 Å². The third kappa shape index (κ3) is 5.30. The zero-order valence-corrected chi connectivity index (χ0v) is 16.3. The van der Waals surface area contributed by atoms with Crippen molar-refractivity contribution >= 4 is 36.5 Å². The maximum Gasteiger partial charge on any atom is 0.241 e. The summed E-state index contributed by atoms with van der Waals surface area (Å²) in [6.07, 6.45) is 3.77. The van der Waals surface area contributed by atoms with E-state index < -0.39 is 6.04 Å². The Morgan fingerprint density at radius 1 is 1.31 bits per heavy atom. The molecule has 2 heterocycles. The van der Waals surface area contributed by atoms with Crippen LogP contribution in [0.5, 0.6) is 0 Å². The number of anilines is 1. The second kappa shape index (κ2) is 10.3. The lowest BCUT2D eigenvalue weighted by Gasteiger charge is -2.26.